The van der Waals surface area contributed by atoms with Crippen LogP contribution in [0, 0.1) is 0 Å². The van der Waals surface area contributed by atoms with E-state index in [1.54, 1.807) is 11.3 Å². The second-order valence-corrected chi connectivity index (χ2v) is 4.57. The Kier molecular flexibility index (Phi) is 3.58. The van der Waals surface area contributed by atoms with Gasteiger partial charge in [-0.1, -0.05) is 6.92 Å². The highest BCUT2D eigenvalue weighted by molar-refractivity contribution is 7.08. The van der Waals surface area contributed by atoms with Crippen LogP contribution >= 0.6 is 11.3 Å². The van der Waals surface area contributed by atoms with E-state index in [9.17, 15) is 4.79 Å². The lowest BCUT2D eigenvalue weighted by atomic mass is 10.0. The van der Waals surface area contributed by atoms with Crippen molar-refractivity contribution in [2.24, 2.45) is 0 Å². The first-order valence-corrected chi connectivity index (χ1v) is 6.47. The number of carboxylic acids is 1. The lowest BCUT2D eigenvalue weighted by Crippen LogP contribution is -2.00. The zero-order valence-electron chi connectivity index (χ0n) is 9.56. The van der Waals surface area contributed by atoms with Crippen LogP contribution in [0.2, 0.25) is 0 Å². The van der Waals surface area contributed by atoms with E-state index in [1.807, 2.05) is 23.8 Å². The van der Waals surface area contributed by atoms with E-state index in [2.05, 4.69) is 10.2 Å². The van der Waals surface area contributed by atoms with Gasteiger partial charge in [-0.05, 0) is 24.3 Å². The van der Waals surface area contributed by atoms with Gasteiger partial charge in [0.05, 0.1) is 5.69 Å². The van der Waals surface area contributed by atoms with E-state index in [-0.39, 0.29) is 6.42 Å². The maximum absolute atomic E-state index is 10.7. The molecule has 0 atom stereocenters. The molecule has 0 saturated heterocycles. The molecule has 90 valence electrons. The lowest BCUT2D eigenvalue weighted by molar-refractivity contribution is -0.136. The average molecular weight is 250 g/mol. The van der Waals surface area contributed by atoms with Gasteiger partial charge in [0.15, 0.2) is 0 Å². The van der Waals surface area contributed by atoms with Gasteiger partial charge < -0.3 is 5.11 Å². The van der Waals surface area contributed by atoms with Gasteiger partial charge in [-0.2, -0.15) is 16.4 Å². The molecule has 0 bridgehead atoms. The molecular weight excluding hydrogens is 236 g/mol. The summed E-state index contributed by atoms with van der Waals surface area (Å²) in [6.45, 7) is 2.04. The van der Waals surface area contributed by atoms with Gasteiger partial charge in [0.25, 0.3) is 0 Å². The van der Waals surface area contributed by atoms with Crippen LogP contribution in [0.25, 0.3) is 11.3 Å². The molecule has 5 heteroatoms. The van der Waals surface area contributed by atoms with Crippen molar-refractivity contribution in [3.05, 3.63) is 28.1 Å². The standard InChI is InChI=1S/C12H14N2O2S/c1-2-10-9(3-4-11(15)16)12(14-13-10)8-5-6-17-7-8/h5-7H,2-4H2,1H3,(H,13,14)(H,15,16). The van der Waals surface area contributed by atoms with Crippen molar-refractivity contribution in [3.8, 4) is 11.3 Å². The van der Waals surface area contributed by atoms with Crippen LogP contribution in [-0.4, -0.2) is 21.3 Å². The Balaban J connectivity index is 2.32. The Hall–Kier alpha value is -1.62. The first kappa shape index (κ1) is 11.9. The highest BCUT2D eigenvalue weighted by atomic mass is 32.1. The number of nitrogens with one attached hydrogen (secondary N) is 1. The van der Waals surface area contributed by atoms with Crippen LogP contribution < -0.4 is 0 Å². The maximum Gasteiger partial charge on any atom is 0.303 e. The summed E-state index contributed by atoms with van der Waals surface area (Å²) in [6, 6.07) is 2.00. The smallest absolute Gasteiger partial charge is 0.303 e. The number of aromatic nitrogens is 2. The van der Waals surface area contributed by atoms with Crippen molar-refractivity contribution in [3.63, 3.8) is 0 Å². The molecule has 2 N–H and O–H groups in total. The van der Waals surface area contributed by atoms with Crippen molar-refractivity contribution < 1.29 is 9.90 Å². The third-order valence-electron chi connectivity index (χ3n) is 2.69. The number of hydrogen-bond donors (Lipinski definition) is 2. The molecule has 0 amide bonds. The molecule has 2 heterocycles. The summed E-state index contributed by atoms with van der Waals surface area (Å²) < 4.78 is 0. The first-order valence-electron chi connectivity index (χ1n) is 5.52. The minimum absolute atomic E-state index is 0.143. The normalized spacial score (nSPS) is 10.6. The number of rotatable bonds is 5. The fourth-order valence-corrected chi connectivity index (χ4v) is 2.47. The van der Waals surface area contributed by atoms with Gasteiger partial charge in [0.2, 0.25) is 0 Å². The fourth-order valence-electron chi connectivity index (χ4n) is 1.83. The third-order valence-corrected chi connectivity index (χ3v) is 3.37. The quantitative estimate of drug-likeness (QED) is 0.857. The predicted molar refractivity (Wildman–Crippen MR) is 67.2 cm³/mol. The molecule has 0 unspecified atom stereocenters. The number of aliphatic carboxylic acids is 1. The lowest BCUT2D eigenvalue weighted by Gasteiger charge is -2.01. The van der Waals surface area contributed by atoms with Crippen LogP contribution in [0.3, 0.4) is 0 Å². The van der Waals surface area contributed by atoms with Gasteiger partial charge in [-0.15, -0.1) is 0 Å². The molecule has 2 rings (SSSR count). The summed E-state index contributed by atoms with van der Waals surface area (Å²) in [7, 11) is 0. The molecule has 0 aliphatic carbocycles. The highest BCUT2D eigenvalue weighted by Gasteiger charge is 2.14. The van der Waals surface area contributed by atoms with Crippen LogP contribution in [0.1, 0.15) is 24.6 Å². The zero-order chi connectivity index (χ0) is 12.3. The molecule has 2 aromatic heterocycles. The fraction of sp³-hybridized carbons (Fsp3) is 0.333. The molecule has 0 saturated carbocycles. The van der Waals surface area contributed by atoms with Crippen molar-refractivity contribution in [2.45, 2.75) is 26.2 Å². The molecule has 0 aromatic carbocycles. The molecule has 0 fully saturated rings. The van der Waals surface area contributed by atoms with Crippen molar-refractivity contribution in [1.29, 1.82) is 0 Å². The molecule has 17 heavy (non-hydrogen) atoms. The van der Waals surface area contributed by atoms with Gasteiger partial charge in [0.1, 0.15) is 0 Å². The van der Waals surface area contributed by atoms with Crippen molar-refractivity contribution in [2.75, 3.05) is 0 Å². The Bertz CT molecular complexity index is 503. The molecule has 2 aromatic rings. The Labute approximate surface area is 103 Å². The van der Waals surface area contributed by atoms with Crippen molar-refractivity contribution >= 4 is 17.3 Å². The van der Waals surface area contributed by atoms with Gasteiger partial charge in [0, 0.05) is 28.6 Å². The molecule has 0 spiro atoms. The van der Waals surface area contributed by atoms with E-state index in [0.717, 1.165) is 28.9 Å². The summed E-state index contributed by atoms with van der Waals surface area (Å²) in [6.07, 6.45) is 1.51. The first-order chi connectivity index (χ1) is 8.22. The summed E-state index contributed by atoms with van der Waals surface area (Å²) in [4.78, 5) is 10.7. The molecule has 4 nitrogen and oxygen atoms in total. The van der Waals surface area contributed by atoms with Crippen LogP contribution in [-0.2, 0) is 17.6 Å². The molecule has 0 aliphatic heterocycles. The summed E-state index contributed by atoms with van der Waals surface area (Å²) in [5.41, 5.74) is 4.02. The average Bonchev–Trinajstić information content (AvgIpc) is 2.94. The monoisotopic (exact) mass is 250 g/mol. The highest BCUT2D eigenvalue weighted by Crippen LogP contribution is 2.27. The number of hydrogen-bond acceptors (Lipinski definition) is 3. The van der Waals surface area contributed by atoms with Gasteiger partial charge >= 0.3 is 5.97 Å². The Morgan fingerprint density at radius 2 is 2.41 bits per heavy atom. The van der Waals surface area contributed by atoms with E-state index in [1.165, 1.54) is 0 Å². The summed E-state index contributed by atoms with van der Waals surface area (Å²) in [5.74, 6) is -0.774. The second-order valence-electron chi connectivity index (χ2n) is 3.79. The molecular formula is C12H14N2O2S. The number of carbonyl (C=O) groups is 1. The molecule has 0 radical (unpaired) electrons. The second kappa shape index (κ2) is 5.14. The SMILES string of the molecule is CCc1[nH]nc(-c2ccsc2)c1CCC(=O)O. The van der Waals surface area contributed by atoms with Crippen LogP contribution in [0.5, 0.6) is 0 Å². The Morgan fingerprint density at radius 3 is 3.00 bits per heavy atom. The summed E-state index contributed by atoms with van der Waals surface area (Å²) in [5, 5.41) is 20.1. The molecule has 0 aliphatic rings. The van der Waals surface area contributed by atoms with Gasteiger partial charge in [-0.25, -0.2) is 0 Å². The Morgan fingerprint density at radius 1 is 1.59 bits per heavy atom. The van der Waals surface area contributed by atoms with E-state index < -0.39 is 5.97 Å². The topological polar surface area (TPSA) is 66.0 Å². The third kappa shape index (κ3) is 2.55. The minimum Gasteiger partial charge on any atom is -0.481 e. The number of aromatic amines is 1. The van der Waals surface area contributed by atoms with Crippen LogP contribution in [0.4, 0.5) is 0 Å². The summed E-state index contributed by atoms with van der Waals surface area (Å²) >= 11 is 1.61. The van der Waals surface area contributed by atoms with E-state index >= 15 is 0 Å². The van der Waals surface area contributed by atoms with Crippen molar-refractivity contribution in [1.82, 2.24) is 10.2 Å². The zero-order valence-corrected chi connectivity index (χ0v) is 10.4. The minimum atomic E-state index is -0.774. The number of carboxylic acid groups (broad SMARTS) is 1. The number of H-pyrrole nitrogens is 1. The number of thiophene rings is 1. The number of aryl methyl sites for hydroxylation is 1. The largest absolute Gasteiger partial charge is 0.481 e. The maximum atomic E-state index is 10.7. The predicted octanol–water partition coefficient (Wildman–Crippen LogP) is 2.72. The van der Waals surface area contributed by atoms with E-state index in [0.29, 0.717) is 6.42 Å². The number of nitrogens with zero attached hydrogens (tertiary/aromatic N) is 1. The van der Waals surface area contributed by atoms with Crippen LogP contribution in [0.15, 0.2) is 16.8 Å². The van der Waals surface area contributed by atoms with E-state index in [4.69, 9.17) is 5.11 Å². The van der Waals surface area contributed by atoms with Gasteiger partial charge in [-0.3, -0.25) is 9.89 Å².